The van der Waals surface area contributed by atoms with Gasteiger partial charge >= 0.3 is 0 Å². The monoisotopic (exact) mass is 421 g/mol. The van der Waals surface area contributed by atoms with E-state index in [0.29, 0.717) is 21.5 Å². The van der Waals surface area contributed by atoms with Gasteiger partial charge in [-0.25, -0.2) is 4.98 Å². The molecule has 0 unspecified atom stereocenters. The van der Waals surface area contributed by atoms with E-state index in [4.69, 9.17) is 16.3 Å². The van der Waals surface area contributed by atoms with Crippen LogP contribution in [0, 0.1) is 0 Å². The molecule has 0 amide bonds. The normalized spacial score (nSPS) is 11.0. The van der Waals surface area contributed by atoms with Crippen LogP contribution < -0.4 is 10.2 Å². The number of methoxy groups -OCH3 is 1. The number of halogens is 2. The number of nitrogens with one attached hydrogen (secondary N) is 1. The fourth-order valence-corrected chi connectivity index (χ4v) is 3.47. The van der Waals surface area contributed by atoms with E-state index in [0.717, 1.165) is 15.7 Å². The van der Waals surface area contributed by atoms with E-state index < -0.39 is 0 Å². The van der Waals surface area contributed by atoms with Crippen molar-refractivity contribution in [2.45, 2.75) is 0 Å². The summed E-state index contributed by atoms with van der Waals surface area (Å²) >= 11 is 11.1. The number of ether oxygens (including phenoxy) is 1. The number of hydrogen-bond donors (Lipinski definition) is 1. The molecule has 2 aromatic carbocycles. The molecule has 3 aromatic rings. The molecular formula is C17H13BrClN3OS. The number of nitrogens with zero attached hydrogens (tertiary/aromatic N) is 2. The van der Waals surface area contributed by atoms with Gasteiger partial charge < -0.3 is 4.74 Å². The van der Waals surface area contributed by atoms with E-state index in [2.05, 4.69) is 31.4 Å². The van der Waals surface area contributed by atoms with Crippen LogP contribution >= 0.6 is 38.9 Å². The molecule has 3 rings (SSSR count). The van der Waals surface area contributed by atoms with Crippen LogP contribution in [-0.4, -0.2) is 18.3 Å². The second kappa shape index (κ2) is 7.79. The molecule has 0 saturated carbocycles. The van der Waals surface area contributed by atoms with Crippen LogP contribution in [0.4, 0.5) is 5.13 Å². The minimum absolute atomic E-state index is 0.560. The number of aromatic nitrogens is 1. The quantitative estimate of drug-likeness (QED) is 0.425. The van der Waals surface area contributed by atoms with Gasteiger partial charge in [-0.15, -0.1) is 11.3 Å². The molecule has 122 valence electrons. The molecule has 0 aliphatic carbocycles. The minimum Gasteiger partial charge on any atom is -0.495 e. The second-order valence-corrected chi connectivity index (χ2v) is 6.87. The largest absolute Gasteiger partial charge is 0.495 e. The van der Waals surface area contributed by atoms with E-state index >= 15 is 0 Å². The maximum atomic E-state index is 6.21. The maximum absolute atomic E-state index is 6.21. The molecule has 0 aliphatic rings. The van der Waals surface area contributed by atoms with Crippen LogP contribution in [0.2, 0.25) is 5.02 Å². The van der Waals surface area contributed by atoms with E-state index in [1.165, 1.54) is 11.3 Å². The Morgan fingerprint density at radius 2 is 2.04 bits per heavy atom. The van der Waals surface area contributed by atoms with Crippen molar-refractivity contribution in [1.29, 1.82) is 0 Å². The molecule has 0 aliphatic heterocycles. The Bertz CT molecular complexity index is 868. The van der Waals surface area contributed by atoms with Crippen LogP contribution in [0.3, 0.4) is 0 Å². The van der Waals surface area contributed by atoms with E-state index in [1.54, 1.807) is 19.4 Å². The number of hydrogen-bond acceptors (Lipinski definition) is 5. The van der Waals surface area contributed by atoms with Crippen molar-refractivity contribution in [3.05, 3.63) is 62.9 Å². The molecule has 7 heteroatoms. The topological polar surface area (TPSA) is 46.5 Å². The summed E-state index contributed by atoms with van der Waals surface area (Å²) in [5.74, 6) is 0.636. The summed E-state index contributed by atoms with van der Waals surface area (Å²) in [6.45, 7) is 0. The standard InChI is InChI=1S/C17H13BrClN3OS/c1-23-16-12(14(19)8-7-13(16)18)9-20-22-17-21-15(10-24-17)11-5-3-2-4-6-11/h2-10H,1H3,(H,21,22). The molecule has 1 heterocycles. The summed E-state index contributed by atoms with van der Waals surface area (Å²) in [6, 6.07) is 13.6. The number of thiazole rings is 1. The van der Waals surface area contributed by atoms with Crippen molar-refractivity contribution < 1.29 is 4.74 Å². The highest BCUT2D eigenvalue weighted by atomic mass is 79.9. The van der Waals surface area contributed by atoms with Gasteiger partial charge in [0, 0.05) is 10.9 Å². The summed E-state index contributed by atoms with van der Waals surface area (Å²) in [4.78, 5) is 4.51. The molecule has 0 spiro atoms. The van der Waals surface area contributed by atoms with E-state index in [1.807, 2.05) is 41.8 Å². The van der Waals surface area contributed by atoms with Crippen molar-refractivity contribution in [3.8, 4) is 17.0 Å². The highest BCUT2D eigenvalue weighted by Gasteiger charge is 2.10. The lowest BCUT2D eigenvalue weighted by Gasteiger charge is -2.08. The smallest absolute Gasteiger partial charge is 0.203 e. The van der Waals surface area contributed by atoms with Gasteiger partial charge in [0.25, 0.3) is 0 Å². The molecule has 0 saturated heterocycles. The predicted molar refractivity (Wildman–Crippen MR) is 104 cm³/mol. The first kappa shape index (κ1) is 17.0. The number of hydrazone groups is 1. The van der Waals surface area contributed by atoms with Gasteiger partial charge in [-0.1, -0.05) is 41.9 Å². The van der Waals surface area contributed by atoms with Crippen LogP contribution in [-0.2, 0) is 0 Å². The molecule has 0 atom stereocenters. The maximum Gasteiger partial charge on any atom is 0.203 e. The lowest BCUT2D eigenvalue weighted by Crippen LogP contribution is -1.96. The number of rotatable bonds is 5. The van der Waals surface area contributed by atoms with Gasteiger partial charge in [0.1, 0.15) is 5.75 Å². The van der Waals surface area contributed by atoms with Crippen molar-refractivity contribution in [1.82, 2.24) is 4.98 Å². The first-order valence-corrected chi connectivity index (χ1v) is 9.06. The van der Waals surface area contributed by atoms with Gasteiger partial charge in [-0.05, 0) is 28.1 Å². The fourth-order valence-electron chi connectivity index (χ4n) is 2.10. The van der Waals surface area contributed by atoms with Crippen molar-refractivity contribution in [3.63, 3.8) is 0 Å². The highest BCUT2D eigenvalue weighted by molar-refractivity contribution is 9.10. The average Bonchev–Trinajstić information content (AvgIpc) is 3.08. The van der Waals surface area contributed by atoms with Gasteiger partial charge in [-0.3, -0.25) is 5.43 Å². The van der Waals surface area contributed by atoms with Gasteiger partial charge in [0.05, 0.1) is 34.1 Å². The Labute approximate surface area is 157 Å². The average molecular weight is 423 g/mol. The van der Waals surface area contributed by atoms with Crippen molar-refractivity contribution in [2.75, 3.05) is 12.5 Å². The van der Waals surface area contributed by atoms with Crippen LogP contribution in [0.25, 0.3) is 11.3 Å². The van der Waals surface area contributed by atoms with Crippen LogP contribution in [0.1, 0.15) is 5.56 Å². The Balaban J connectivity index is 1.76. The second-order valence-electron chi connectivity index (χ2n) is 4.75. The lowest BCUT2D eigenvalue weighted by molar-refractivity contribution is 0.411. The molecule has 0 bridgehead atoms. The SMILES string of the molecule is COc1c(Br)ccc(Cl)c1C=NNc1nc(-c2ccccc2)cs1. The highest BCUT2D eigenvalue weighted by Crippen LogP contribution is 2.33. The van der Waals surface area contributed by atoms with Gasteiger partial charge in [-0.2, -0.15) is 5.10 Å². The zero-order valence-electron chi connectivity index (χ0n) is 12.7. The Morgan fingerprint density at radius 3 is 2.79 bits per heavy atom. The molecule has 24 heavy (non-hydrogen) atoms. The molecule has 1 N–H and O–H groups in total. The fraction of sp³-hybridized carbons (Fsp3) is 0.0588. The molecule has 1 aromatic heterocycles. The van der Waals surface area contributed by atoms with Crippen molar-refractivity contribution >= 4 is 50.2 Å². The zero-order valence-corrected chi connectivity index (χ0v) is 15.8. The van der Waals surface area contributed by atoms with E-state index in [-0.39, 0.29) is 0 Å². The summed E-state index contributed by atoms with van der Waals surface area (Å²) < 4.78 is 6.17. The minimum atomic E-state index is 0.560. The summed E-state index contributed by atoms with van der Waals surface area (Å²) in [5.41, 5.74) is 5.61. The van der Waals surface area contributed by atoms with Crippen molar-refractivity contribution in [2.24, 2.45) is 5.10 Å². The lowest BCUT2D eigenvalue weighted by atomic mass is 10.2. The molecular weight excluding hydrogens is 410 g/mol. The van der Waals surface area contributed by atoms with E-state index in [9.17, 15) is 0 Å². The summed E-state index contributed by atoms with van der Waals surface area (Å²) in [7, 11) is 1.59. The third kappa shape index (κ3) is 3.77. The number of benzene rings is 2. The molecule has 4 nitrogen and oxygen atoms in total. The Morgan fingerprint density at radius 1 is 1.25 bits per heavy atom. The summed E-state index contributed by atoms with van der Waals surface area (Å²) in [6.07, 6.45) is 1.62. The zero-order chi connectivity index (χ0) is 16.9. The Kier molecular flexibility index (Phi) is 5.50. The first-order valence-electron chi connectivity index (χ1n) is 7.01. The van der Waals surface area contributed by atoms with Gasteiger partial charge in [0.2, 0.25) is 5.13 Å². The molecule has 0 radical (unpaired) electrons. The van der Waals surface area contributed by atoms with Gasteiger partial charge in [0.15, 0.2) is 0 Å². The van der Waals surface area contributed by atoms with Crippen LogP contribution in [0.15, 0.2) is 57.4 Å². The predicted octanol–water partition coefficient (Wildman–Crippen LogP) is 5.68. The first-order chi connectivity index (χ1) is 11.7. The molecule has 0 fully saturated rings. The summed E-state index contributed by atoms with van der Waals surface area (Å²) in [5, 5.41) is 7.47. The van der Waals surface area contributed by atoms with Crippen LogP contribution in [0.5, 0.6) is 5.75 Å². The number of anilines is 1. The Hall–Kier alpha value is -1.89. The third-order valence-electron chi connectivity index (χ3n) is 3.23. The third-order valence-corrected chi connectivity index (χ3v) is 4.93.